The van der Waals surface area contributed by atoms with Crippen LogP contribution in [0.15, 0.2) is 18.2 Å². The molecule has 2 amide bonds. The molecule has 1 heterocycles. The van der Waals surface area contributed by atoms with Crippen LogP contribution in [0.3, 0.4) is 0 Å². The summed E-state index contributed by atoms with van der Waals surface area (Å²) in [7, 11) is 0. The Morgan fingerprint density at radius 3 is 2.50 bits per heavy atom. The zero-order valence-corrected chi connectivity index (χ0v) is 14.9. The maximum Gasteiger partial charge on any atom is 0.243 e. The minimum Gasteiger partial charge on any atom is -0.373 e. The van der Waals surface area contributed by atoms with E-state index < -0.39 is 0 Å². The Morgan fingerprint density at radius 2 is 1.83 bits per heavy atom. The van der Waals surface area contributed by atoms with Crippen molar-refractivity contribution in [2.45, 2.75) is 39.9 Å². The summed E-state index contributed by atoms with van der Waals surface area (Å²) in [5, 5.41) is 5.52. The molecule has 1 fully saturated rings. The molecule has 2 atom stereocenters. The van der Waals surface area contributed by atoms with Crippen molar-refractivity contribution in [3.8, 4) is 0 Å². The van der Waals surface area contributed by atoms with Gasteiger partial charge in [0.05, 0.1) is 25.3 Å². The van der Waals surface area contributed by atoms with Crippen molar-refractivity contribution in [2.24, 2.45) is 0 Å². The van der Waals surface area contributed by atoms with Gasteiger partial charge in [0.2, 0.25) is 11.8 Å². The van der Waals surface area contributed by atoms with Gasteiger partial charge in [0.1, 0.15) is 0 Å². The van der Waals surface area contributed by atoms with Crippen LogP contribution in [0.1, 0.15) is 25.0 Å². The van der Waals surface area contributed by atoms with Crippen LogP contribution in [0.5, 0.6) is 0 Å². The zero-order valence-electron chi connectivity index (χ0n) is 14.9. The second-order valence-corrected chi connectivity index (χ2v) is 6.52. The standard InChI is InChI=1S/C18H27N3O3/c1-12-6-5-7-16(15(12)4)20-17(22)8-19-18(23)11-21-9-13(2)24-14(3)10-21/h5-7,13-14H,8-11H2,1-4H3,(H,19,23)(H,20,22)/t13-,14-/m1/s1. The van der Waals surface area contributed by atoms with Crippen LogP contribution in [-0.4, -0.2) is 55.1 Å². The van der Waals surface area contributed by atoms with E-state index in [0.29, 0.717) is 0 Å². The van der Waals surface area contributed by atoms with Crippen molar-refractivity contribution in [1.82, 2.24) is 10.2 Å². The highest BCUT2D eigenvalue weighted by atomic mass is 16.5. The third kappa shape index (κ3) is 5.32. The number of hydrogen-bond donors (Lipinski definition) is 2. The lowest BCUT2D eigenvalue weighted by Crippen LogP contribution is -2.49. The summed E-state index contributed by atoms with van der Waals surface area (Å²) in [6.45, 7) is 9.67. The molecule has 0 saturated carbocycles. The molecule has 0 unspecified atom stereocenters. The average Bonchev–Trinajstić information content (AvgIpc) is 2.49. The van der Waals surface area contributed by atoms with Crippen molar-refractivity contribution in [2.75, 3.05) is 31.5 Å². The molecule has 1 aromatic carbocycles. The smallest absolute Gasteiger partial charge is 0.243 e. The molecule has 2 rings (SSSR count). The quantitative estimate of drug-likeness (QED) is 0.856. The zero-order chi connectivity index (χ0) is 17.7. The number of nitrogens with one attached hydrogen (secondary N) is 2. The van der Waals surface area contributed by atoms with E-state index >= 15 is 0 Å². The number of carbonyl (C=O) groups is 2. The Labute approximate surface area is 143 Å². The number of aryl methyl sites for hydroxylation is 1. The molecule has 0 radical (unpaired) electrons. The Balaban J connectivity index is 1.77. The molecule has 0 bridgehead atoms. The van der Waals surface area contributed by atoms with Gasteiger partial charge in [0.15, 0.2) is 0 Å². The molecule has 0 aliphatic carbocycles. The van der Waals surface area contributed by atoms with Crippen LogP contribution in [0, 0.1) is 13.8 Å². The third-order valence-corrected chi connectivity index (χ3v) is 4.19. The van der Waals surface area contributed by atoms with Gasteiger partial charge in [-0.2, -0.15) is 0 Å². The van der Waals surface area contributed by atoms with Crippen LogP contribution in [-0.2, 0) is 14.3 Å². The Morgan fingerprint density at radius 1 is 1.17 bits per heavy atom. The first kappa shape index (κ1) is 18.4. The van der Waals surface area contributed by atoms with E-state index in [0.717, 1.165) is 29.9 Å². The molecular formula is C18H27N3O3. The van der Waals surface area contributed by atoms with Crippen LogP contribution in [0.4, 0.5) is 5.69 Å². The van der Waals surface area contributed by atoms with E-state index in [-0.39, 0.29) is 37.1 Å². The fraction of sp³-hybridized carbons (Fsp3) is 0.556. The second kappa shape index (κ2) is 8.26. The molecule has 6 heteroatoms. The Kier molecular flexibility index (Phi) is 6.34. The van der Waals surface area contributed by atoms with Crippen molar-refractivity contribution in [3.05, 3.63) is 29.3 Å². The van der Waals surface area contributed by atoms with Crippen molar-refractivity contribution in [3.63, 3.8) is 0 Å². The lowest BCUT2D eigenvalue weighted by atomic mass is 10.1. The van der Waals surface area contributed by atoms with Gasteiger partial charge in [-0.15, -0.1) is 0 Å². The van der Waals surface area contributed by atoms with Gasteiger partial charge in [-0.25, -0.2) is 0 Å². The summed E-state index contributed by atoms with van der Waals surface area (Å²) < 4.78 is 5.65. The first-order valence-corrected chi connectivity index (χ1v) is 8.35. The predicted molar refractivity (Wildman–Crippen MR) is 94.0 cm³/mol. The number of rotatable bonds is 5. The number of hydrogen-bond acceptors (Lipinski definition) is 4. The number of morpholine rings is 1. The van der Waals surface area contributed by atoms with Crippen molar-refractivity contribution < 1.29 is 14.3 Å². The highest BCUT2D eigenvalue weighted by Gasteiger charge is 2.23. The van der Waals surface area contributed by atoms with Gasteiger partial charge in [-0.1, -0.05) is 12.1 Å². The van der Waals surface area contributed by atoms with Crippen LogP contribution in [0.2, 0.25) is 0 Å². The highest BCUT2D eigenvalue weighted by Crippen LogP contribution is 2.17. The van der Waals surface area contributed by atoms with Crippen LogP contribution in [0.25, 0.3) is 0 Å². The first-order valence-electron chi connectivity index (χ1n) is 8.35. The molecule has 132 valence electrons. The highest BCUT2D eigenvalue weighted by molar-refractivity contribution is 5.95. The van der Waals surface area contributed by atoms with E-state index in [1.165, 1.54) is 0 Å². The SMILES string of the molecule is Cc1cccc(NC(=O)CNC(=O)CN2C[C@@H](C)O[C@H](C)C2)c1C. The minimum atomic E-state index is -0.222. The number of carbonyl (C=O) groups excluding carboxylic acids is 2. The maximum absolute atomic E-state index is 12.0. The van der Waals surface area contributed by atoms with Gasteiger partial charge < -0.3 is 15.4 Å². The molecule has 0 aromatic heterocycles. The Bertz CT molecular complexity index is 593. The van der Waals surface area contributed by atoms with Crippen LogP contribution >= 0.6 is 0 Å². The summed E-state index contributed by atoms with van der Waals surface area (Å²) in [4.78, 5) is 26.1. The van der Waals surface area contributed by atoms with Gasteiger partial charge in [0, 0.05) is 18.8 Å². The maximum atomic E-state index is 12.0. The number of benzene rings is 1. The summed E-state index contributed by atoms with van der Waals surface area (Å²) in [5.41, 5.74) is 2.94. The van der Waals surface area contributed by atoms with Gasteiger partial charge in [-0.05, 0) is 44.9 Å². The number of nitrogens with zero attached hydrogens (tertiary/aromatic N) is 1. The van der Waals surface area contributed by atoms with Crippen molar-refractivity contribution >= 4 is 17.5 Å². The van der Waals surface area contributed by atoms with E-state index in [1.54, 1.807) is 0 Å². The van der Waals surface area contributed by atoms with Crippen molar-refractivity contribution in [1.29, 1.82) is 0 Å². The molecule has 2 N–H and O–H groups in total. The lowest BCUT2D eigenvalue weighted by molar-refractivity contribution is -0.128. The minimum absolute atomic E-state index is 0.0261. The average molecular weight is 333 g/mol. The number of ether oxygens (including phenoxy) is 1. The summed E-state index contributed by atoms with van der Waals surface area (Å²) in [6, 6.07) is 5.76. The van der Waals surface area contributed by atoms with E-state index in [4.69, 9.17) is 4.74 Å². The van der Waals surface area contributed by atoms with Crippen LogP contribution < -0.4 is 10.6 Å². The molecule has 1 saturated heterocycles. The second-order valence-electron chi connectivity index (χ2n) is 6.52. The number of amides is 2. The predicted octanol–water partition coefficient (Wildman–Crippen LogP) is 1.47. The summed E-state index contributed by atoms with van der Waals surface area (Å²) in [6.07, 6.45) is 0.239. The van der Waals surface area contributed by atoms with Gasteiger partial charge in [-0.3, -0.25) is 14.5 Å². The van der Waals surface area contributed by atoms with E-state index in [9.17, 15) is 9.59 Å². The van der Waals surface area contributed by atoms with E-state index in [1.807, 2.05) is 45.9 Å². The molecule has 1 aliphatic heterocycles. The fourth-order valence-electron chi connectivity index (χ4n) is 2.93. The summed E-state index contributed by atoms with van der Waals surface area (Å²) in [5.74, 6) is -0.367. The third-order valence-electron chi connectivity index (χ3n) is 4.19. The topological polar surface area (TPSA) is 70.7 Å². The molecule has 24 heavy (non-hydrogen) atoms. The molecule has 6 nitrogen and oxygen atoms in total. The van der Waals surface area contributed by atoms with E-state index in [2.05, 4.69) is 15.5 Å². The monoisotopic (exact) mass is 333 g/mol. The Hall–Kier alpha value is -1.92. The first-order chi connectivity index (χ1) is 11.3. The summed E-state index contributed by atoms with van der Waals surface area (Å²) >= 11 is 0. The normalized spacial score (nSPS) is 21.3. The molecule has 1 aliphatic rings. The lowest BCUT2D eigenvalue weighted by Gasteiger charge is -2.34. The number of anilines is 1. The van der Waals surface area contributed by atoms with Gasteiger partial charge >= 0.3 is 0 Å². The van der Waals surface area contributed by atoms with Gasteiger partial charge in [0.25, 0.3) is 0 Å². The molecule has 1 aromatic rings. The largest absolute Gasteiger partial charge is 0.373 e. The fourth-order valence-corrected chi connectivity index (χ4v) is 2.93. The molecule has 0 spiro atoms. The molecular weight excluding hydrogens is 306 g/mol.